The van der Waals surface area contributed by atoms with Gasteiger partial charge in [-0.1, -0.05) is 11.8 Å². The molecule has 0 bridgehead atoms. The molecule has 0 aliphatic heterocycles. The molecule has 1 aromatic heterocycles. The zero-order valence-corrected chi connectivity index (χ0v) is 9.23. The van der Waals surface area contributed by atoms with Gasteiger partial charge in [0.1, 0.15) is 0 Å². The first-order chi connectivity index (χ1) is 7.43. The molecule has 0 N–H and O–H groups in total. The second-order valence-corrected chi connectivity index (χ2v) is 4.34. The third kappa shape index (κ3) is 2.09. The number of alkyl halides is 3. The van der Waals surface area contributed by atoms with Crippen LogP contribution in [-0.4, -0.2) is 15.8 Å². The molecule has 2 rings (SSSR count). The highest BCUT2D eigenvalue weighted by Crippen LogP contribution is 2.36. The summed E-state index contributed by atoms with van der Waals surface area (Å²) < 4.78 is 38.6. The molecule has 0 unspecified atom stereocenters. The van der Waals surface area contributed by atoms with E-state index in [0.717, 1.165) is 24.6 Å². The van der Waals surface area contributed by atoms with E-state index in [2.05, 4.69) is 4.98 Å². The summed E-state index contributed by atoms with van der Waals surface area (Å²) in [4.78, 5) is 15.0. The van der Waals surface area contributed by atoms with Gasteiger partial charge in [-0.05, 0) is 19.1 Å². The molecule has 0 aromatic carbocycles. The van der Waals surface area contributed by atoms with Crippen LogP contribution in [0.2, 0.25) is 0 Å². The minimum atomic E-state index is -4.56. The van der Waals surface area contributed by atoms with E-state index in [4.69, 9.17) is 0 Å². The molecule has 3 nitrogen and oxygen atoms in total. The largest absolute Gasteiger partial charge is 0.433 e. The van der Waals surface area contributed by atoms with Crippen LogP contribution in [0.25, 0.3) is 0 Å². The summed E-state index contributed by atoms with van der Waals surface area (Å²) in [6.45, 7) is 0. The summed E-state index contributed by atoms with van der Waals surface area (Å²) in [7, 11) is 0. The number of rotatable bonds is 2. The van der Waals surface area contributed by atoms with E-state index >= 15 is 0 Å². The Labute approximate surface area is 93.7 Å². The fourth-order valence-corrected chi connectivity index (χ4v) is 2.05. The fourth-order valence-electron chi connectivity index (χ4n) is 1.43. The molecule has 1 aliphatic rings. The predicted molar refractivity (Wildman–Crippen MR) is 53.6 cm³/mol. The Morgan fingerprint density at radius 3 is 2.56 bits per heavy atom. The van der Waals surface area contributed by atoms with Gasteiger partial charge in [0.05, 0.1) is 0 Å². The zero-order chi connectivity index (χ0) is 11.9. The second kappa shape index (κ2) is 3.80. The van der Waals surface area contributed by atoms with Gasteiger partial charge in [0.15, 0.2) is 10.9 Å². The molecule has 0 spiro atoms. The van der Waals surface area contributed by atoms with Crippen molar-refractivity contribution < 1.29 is 13.2 Å². The maximum Gasteiger partial charge on any atom is 0.433 e. The number of aromatic nitrogens is 2. The Morgan fingerprint density at radius 2 is 2.12 bits per heavy atom. The van der Waals surface area contributed by atoms with E-state index in [0.29, 0.717) is 6.07 Å². The standard InChI is InChI=1S/C9H9F3N2OS/c1-16-8-13-6(9(10,11)12)4-7(15)14(8)5-2-3-5/h4-5H,2-3H2,1H3. The van der Waals surface area contributed by atoms with Gasteiger partial charge in [-0.2, -0.15) is 13.2 Å². The first-order valence-electron chi connectivity index (χ1n) is 4.68. The summed E-state index contributed by atoms with van der Waals surface area (Å²) in [5.74, 6) is 0. The van der Waals surface area contributed by atoms with Gasteiger partial charge in [-0.3, -0.25) is 9.36 Å². The quantitative estimate of drug-likeness (QED) is 0.597. The van der Waals surface area contributed by atoms with Crippen LogP contribution >= 0.6 is 11.8 Å². The predicted octanol–water partition coefficient (Wildman–Crippen LogP) is 2.32. The van der Waals surface area contributed by atoms with Crippen LogP contribution in [0.4, 0.5) is 13.2 Å². The number of thioether (sulfide) groups is 1. The maximum atomic E-state index is 12.4. The molecule has 0 radical (unpaired) electrons. The molecule has 1 heterocycles. The number of halogens is 3. The Hall–Kier alpha value is -0.980. The van der Waals surface area contributed by atoms with Crippen LogP contribution in [0.3, 0.4) is 0 Å². The van der Waals surface area contributed by atoms with Gasteiger partial charge in [-0.15, -0.1) is 0 Å². The van der Waals surface area contributed by atoms with E-state index in [1.165, 1.54) is 4.57 Å². The van der Waals surface area contributed by atoms with Crippen molar-refractivity contribution in [2.45, 2.75) is 30.2 Å². The summed E-state index contributed by atoms with van der Waals surface area (Å²) in [6.07, 6.45) is -1.28. The van der Waals surface area contributed by atoms with Crippen molar-refractivity contribution >= 4 is 11.8 Å². The van der Waals surface area contributed by atoms with Crippen LogP contribution in [0.1, 0.15) is 24.6 Å². The summed E-state index contributed by atoms with van der Waals surface area (Å²) in [5.41, 5.74) is -1.73. The molecule has 88 valence electrons. The zero-order valence-electron chi connectivity index (χ0n) is 8.41. The van der Waals surface area contributed by atoms with Crippen molar-refractivity contribution in [1.29, 1.82) is 0 Å². The lowest BCUT2D eigenvalue weighted by molar-refractivity contribution is -0.141. The van der Waals surface area contributed by atoms with Crippen molar-refractivity contribution in [1.82, 2.24) is 9.55 Å². The van der Waals surface area contributed by atoms with Gasteiger partial charge in [0.2, 0.25) is 0 Å². The van der Waals surface area contributed by atoms with Crippen molar-refractivity contribution in [3.8, 4) is 0 Å². The number of nitrogens with zero attached hydrogens (tertiary/aromatic N) is 2. The molecule has 1 fully saturated rings. The van der Waals surface area contributed by atoms with E-state index in [1.54, 1.807) is 6.26 Å². The van der Waals surface area contributed by atoms with E-state index in [9.17, 15) is 18.0 Å². The van der Waals surface area contributed by atoms with Gasteiger partial charge in [0, 0.05) is 12.1 Å². The Morgan fingerprint density at radius 1 is 1.50 bits per heavy atom. The van der Waals surface area contributed by atoms with Crippen molar-refractivity contribution in [2.24, 2.45) is 0 Å². The monoisotopic (exact) mass is 250 g/mol. The molecular weight excluding hydrogens is 241 g/mol. The second-order valence-electron chi connectivity index (χ2n) is 3.57. The molecule has 1 aliphatic carbocycles. The van der Waals surface area contributed by atoms with Gasteiger partial charge in [-0.25, -0.2) is 4.98 Å². The van der Waals surface area contributed by atoms with Crippen LogP contribution in [-0.2, 0) is 6.18 Å². The van der Waals surface area contributed by atoms with Crippen LogP contribution in [0.5, 0.6) is 0 Å². The minimum Gasteiger partial charge on any atom is -0.285 e. The fraction of sp³-hybridized carbons (Fsp3) is 0.556. The molecule has 0 amide bonds. The van der Waals surface area contributed by atoms with Crippen molar-refractivity contribution in [2.75, 3.05) is 6.26 Å². The topological polar surface area (TPSA) is 34.9 Å². The highest BCUT2D eigenvalue weighted by atomic mass is 32.2. The van der Waals surface area contributed by atoms with Crippen LogP contribution < -0.4 is 5.56 Å². The van der Waals surface area contributed by atoms with E-state index in [1.807, 2.05) is 0 Å². The van der Waals surface area contributed by atoms with Gasteiger partial charge in [0.25, 0.3) is 5.56 Å². The third-order valence-corrected chi connectivity index (χ3v) is 2.96. The summed E-state index contributed by atoms with van der Waals surface area (Å²) in [5, 5.41) is 0.141. The SMILES string of the molecule is CSc1nc(C(F)(F)F)cc(=O)n1C1CC1. The molecule has 16 heavy (non-hydrogen) atoms. The van der Waals surface area contributed by atoms with E-state index < -0.39 is 17.4 Å². The van der Waals surface area contributed by atoms with Gasteiger partial charge < -0.3 is 0 Å². The summed E-state index contributed by atoms with van der Waals surface area (Å²) >= 11 is 1.06. The molecule has 0 saturated heterocycles. The van der Waals surface area contributed by atoms with Crippen molar-refractivity contribution in [3.05, 3.63) is 22.1 Å². The average molecular weight is 250 g/mol. The third-order valence-electron chi connectivity index (χ3n) is 2.30. The highest BCUT2D eigenvalue weighted by molar-refractivity contribution is 7.98. The highest BCUT2D eigenvalue weighted by Gasteiger charge is 2.35. The first kappa shape index (κ1) is 11.5. The van der Waals surface area contributed by atoms with Gasteiger partial charge >= 0.3 is 6.18 Å². The number of hydrogen-bond donors (Lipinski definition) is 0. The Bertz CT molecular complexity index is 465. The smallest absolute Gasteiger partial charge is 0.285 e. The minimum absolute atomic E-state index is 0.0322. The Balaban J connectivity index is 2.55. The lowest BCUT2D eigenvalue weighted by Gasteiger charge is -2.12. The lowest BCUT2D eigenvalue weighted by atomic mass is 10.4. The summed E-state index contributed by atoms with van der Waals surface area (Å²) in [6, 6.07) is 0.600. The van der Waals surface area contributed by atoms with E-state index in [-0.39, 0.29) is 11.2 Å². The van der Waals surface area contributed by atoms with Crippen LogP contribution in [0.15, 0.2) is 16.0 Å². The average Bonchev–Trinajstić information content (AvgIpc) is 2.98. The molecule has 0 atom stereocenters. The maximum absolute atomic E-state index is 12.4. The number of hydrogen-bond acceptors (Lipinski definition) is 3. The molecule has 7 heteroatoms. The van der Waals surface area contributed by atoms with Crippen LogP contribution in [0, 0.1) is 0 Å². The molecule has 1 saturated carbocycles. The van der Waals surface area contributed by atoms with Crippen molar-refractivity contribution in [3.63, 3.8) is 0 Å². The lowest BCUT2D eigenvalue weighted by Crippen LogP contribution is -2.25. The Kier molecular flexibility index (Phi) is 2.73. The molecular formula is C9H9F3N2OS. The first-order valence-corrected chi connectivity index (χ1v) is 5.90. The molecule has 1 aromatic rings. The normalized spacial score (nSPS) is 16.5.